The van der Waals surface area contributed by atoms with Crippen LogP contribution in [0.4, 0.5) is 0 Å². The Bertz CT molecular complexity index is 145. The van der Waals surface area contributed by atoms with Gasteiger partial charge in [0.15, 0.2) is 0 Å². The molecule has 0 N–H and O–H groups in total. The molecule has 1 fully saturated rings. The van der Waals surface area contributed by atoms with E-state index >= 15 is 0 Å². The molecule has 10 heavy (non-hydrogen) atoms. The summed E-state index contributed by atoms with van der Waals surface area (Å²) in [4.78, 5) is 0. The van der Waals surface area contributed by atoms with Crippen molar-refractivity contribution in [2.24, 2.45) is 5.10 Å². The molecule has 2 rings (SSSR count). The standard InChI is InChI=1S/C8H15N2/c1-2-6-10(7-3-1)8-4-5-9-10/h5H,1-4,6-8H2/q+1. The highest BCUT2D eigenvalue weighted by Crippen LogP contribution is 2.22. The van der Waals surface area contributed by atoms with Crippen molar-refractivity contribution in [2.75, 3.05) is 19.6 Å². The molecule has 1 spiro atoms. The first-order chi connectivity index (χ1) is 4.91. The second kappa shape index (κ2) is 2.35. The second-order valence-electron chi connectivity index (χ2n) is 3.41. The zero-order valence-electron chi connectivity index (χ0n) is 6.42. The summed E-state index contributed by atoms with van der Waals surface area (Å²) in [5.41, 5.74) is 0. The molecule has 56 valence electrons. The van der Waals surface area contributed by atoms with Crippen LogP contribution in [0.3, 0.4) is 0 Å². The van der Waals surface area contributed by atoms with Crippen LogP contribution in [-0.4, -0.2) is 30.4 Å². The third kappa shape index (κ3) is 0.966. The Morgan fingerprint density at radius 2 is 1.80 bits per heavy atom. The van der Waals surface area contributed by atoms with Gasteiger partial charge in [0, 0.05) is 6.42 Å². The Hall–Kier alpha value is -0.370. The first kappa shape index (κ1) is 6.35. The Kier molecular flexibility index (Phi) is 1.49. The van der Waals surface area contributed by atoms with E-state index in [4.69, 9.17) is 0 Å². The Morgan fingerprint density at radius 3 is 2.40 bits per heavy atom. The average molecular weight is 139 g/mol. The van der Waals surface area contributed by atoms with E-state index in [1.807, 2.05) is 0 Å². The summed E-state index contributed by atoms with van der Waals surface area (Å²) >= 11 is 0. The smallest absolute Gasteiger partial charge is 0.108 e. The molecule has 2 heterocycles. The van der Waals surface area contributed by atoms with Crippen molar-refractivity contribution >= 4 is 6.21 Å². The molecule has 0 bridgehead atoms. The van der Waals surface area contributed by atoms with Gasteiger partial charge in [-0.15, -0.1) is 0 Å². The Labute approximate surface area is 62.1 Å². The highest BCUT2D eigenvalue weighted by Gasteiger charge is 2.31. The Morgan fingerprint density at radius 1 is 1.00 bits per heavy atom. The van der Waals surface area contributed by atoms with Gasteiger partial charge in [-0.05, 0) is 19.3 Å². The van der Waals surface area contributed by atoms with Crippen LogP contribution in [0.25, 0.3) is 0 Å². The fourth-order valence-electron chi connectivity index (χ4n) is 2.03. The first-order valence-electron chi connectivity index (χ1n) is 4.32. The average Bonchev–Trinajstić information content (AvgIpc) is 2.39. The van der Waals surface area contributed by atoms with Gasteiger partial charge in [-0.2, -0.15) is 4.59 Å². The zero-order chi connectivity index (χ0) is 6.86. The summed E-state index contributed by atoms with van der Waals surface area (Å²) in [6.07, 6.45) is 7.51. The summed E-state index contributed by atoms with van der Waals surface area (Å²) < 4.78 is 1.07. The Balaban J connectivity index is 2.05. The van der Waals surface area contributed by atoms with Gasteiger partial charge in [-0.3, -0.25) is 0 Å². The van der Waals surface area contributed by atoms with E-state index in [0.717, 1.165) is 4.59 Å². The van der Waals surface area contributed by atoms with E-state index in [1.165, 1.54) is 45.3 Å². The molecule has 2 aliphatic heterocycles. The van der Waals surface area contributed by atoms with Gasteiger partial charge < -0.3 is 0 Å². The number of hydrogen-bond donors (Lipinski definition) is 0. The summed E-state index contributed by atoms with van der Waals surface area (Å²) in [6, 6.07) is 0. The minimum absolute atomic E-state index is 1.07. The quantitative estimate of drug-likeness (QED) is 0.449. The molecule has 0 saturated carbocycles. The lowest BCUT2D eigenvalue weighted by Gasteiger charge is -2.31. The van der Waals surface area contributed by atoms with Crippen LogP contribution in [-0.2, 0) is 0 Å². The number of rotatable bonds is 0. The van der Waals surface area contributed by atoms with Gasteiger partial charge >= 0.3 is 0 Å². The van der Waals surface area contributed by atoms with Gasteiger partial charge in [0.05, 0.1) is 6.21 Å². The van der Waals surface area contributed by atoms with Crippen molar-refractivity contribution in [1.29, 1.82) is 0 Å². The second-order valence-corrected chi connectivity index (χ2v) is 3.41. The third-order valence-electron chi connectivity index (χ3n) is 2.65. The highest BCUT2D eigenvalue weighted by molar-refractivity contribution is 5.57. The lowest BCUT2D eigenvalue weighted by atomic mass is 10.1. The molecule has 0 aromatic heterocycles. The van der Waals surface area contributed by atoms with E-state index in [0.29, 0.717) is 0 Å². The minimum Gasteiger partial charge on any atom is -0.198 e. The van der Waals surface area contributed by atoms with Gasteiger partial charge in [-0.1, -0.05) is 5.10 Å². The van der Waals surface area contributed by atoms with Crippen molar-refractivity contribution in [3.63, 3.8) is 0 Å². The predicted molar refractivity (Wildman–Crippen MR) is 41.8 cm³/mol. The van der Waals surface area contributed by atoms with Gasteiger partial charge in [0.2, 0.25) is 0 Å². The molecule has 0 radical (unpaired) electrons. The fourth-order valence-corrected chi connectivity index (χ4v) is 2.03. The van der Waals surface area contributed by atoms with Crippen molar-refractivity contribution in [3.05, 3.63) is 0 Å². The maximum Gasteiger partial charge on any atom is 0.108 e. The van der Waals surface area contributed by atoms with Gasteiger partial charge in [0.1, 0.15) is 19.6 Å². The van der Waals surface area contributed by atoms with Crippen LogP contribution in [0.2, 0.25) is 0 Å². The van der Waals surface area contributed by atoms with E-state index in [9.17, 15) is 0 Å². The molecular weight excluding hydrogens is 124 g/mol. The van der Waals surface area contributed by atoms with Crippen molar-refractivity contribution in [3.8, 4) is 0 Å². The number of piperidine rings is 1. The van der Waals surface area contributed by atoms with Crippen LogP contribution in [0.5, 0.6) is 0 Å². The summed E-state index contributed by atoms with van der Waals surface area (Å²) in [7, 11) is 0. The third-order valence-corrected chi connectivity index (χ3v) is 2.65. The summed E-state index contributed by atoms with van der Waals surface area (Å²) in [6.45, 7) is 3.88. The number of quaternary nitrogens is 1. The van der Waals surface area contributed by atoms with Gasteiger partial charge in [-0.25, -0.2) is 0 Å². The summed E-state index contributed by atoms with van der Waals surface area (Å²) in [5.74, 6) is 0. The lowest BCUT2D eigenvalue weighted by Crippen LogP contribution is -2.44. The maximum absolute atomic E-state index is 4.54. The van der Waals surface area contributed by atoms with Crippen LogP contribution in [0.15, 0.2) is 5.10 Å². The van der Waals surface area contributed by atoms with Crippen LogP contribution < -0.4 is 0 Å². The largest absolute Gasteiger partial charge is 0.198 e. The van der Waals surface area contributed by atoms with Crippen molar-refractivity contribution in [1.82, 2.24) is 0 Å². The molecule has 0 unspecified atom stereocenters. The number of hydrogen-bond acceptors (Lipinski definition) is 1. The fraction of sp³-hybridized carbons (Fsp3) is 0.875. The molecule has 1 saturated heterocycles. The van der Waals surface area contributed by atoms with E-state index in [2.05, 4.69) is 11.3 Å². The molecule has 2 aliphatic rings. The zero-order valence-corrected chi connectivity index (χ0v) is 6.42. The molecular formula is C8H15N2+. The molecule has 0 amide bonds. The monoisotopic (exact) mass is 139 g/mol. The first-order valence-corrected chi connectivity index (χ1v) is 4.32. The number of nitrogens with zero attached hydrogens (tertiary/aromatic N) is 2. The van der Waals surface area contributed by atoms with E-state index in [1.54, 1.807) is 0 Å². The topological polar surface area (TPSA) is 12.4 Å². The van der Waals surface area contributed by atoms with Crippen molar-refractivity contribution in [2.45, 2.75) is 25.7 Å². The van der Waals surface area contributed by atoms with Crippen LogP contribution in [0.1, 0.15) is 25.7 Å². The predicted octanol–water partition coefficient (Wildman–Crippen LogP) is 1.38. The highest BCUT2D eigenvalue weighted by atomic mass is 15.6. The van der Waals surface area contributed by atoms with E-state index in [-0.39, 0.29) is 0 Å². The molecule has 0 aliphatic carbocycles. The molecule has 2 nitrogen and oxygen atoms in total. The van der Waals surface area contributed by atoms with Crippen molar-refractivity contribution < 1.29 is 4.59 Å². The van der Waals surface area contributed by atoms with Crippen LogP contribution >= 0.6 is 0 Å². The maximum atomic E-state index is 4.54. The van der Waals surface area contributed by atoms with Crippen LogP contribution in [0, 0.1) is 0 Å². The molecule has 0 aromatic carbocycles. The van der Waals surface area contributed by atoms with Gasteiger partial charge in [0.25, 0.3) is 0 Å². The lowest BCUT2D eigenvalue weighted by molar-refractivity contribution is -0.933. The van der Waals surface area contributed by atoms with E-state index < -0.39 is 0 Å². The summed E-state index contributed by atoms with van der Waals surface area (Å²) in [5, 5.41) is 4.54. The SMILES string of the molecule is C1=N[N+]2(CC1)CCCCC2. The molecule has 2 heteroatoms. The minimum atomic E-state index is 1.07. The normalized spacial score (nSPS) is 29.6. The molecule has 0 atom stereocenters. The molecule has 0 aromatic rings.